The van der Waals surface area contributed by atoms with Crippen molar-refractivity contribution in [3.8, 4) is 17.2 Å². The second kappa shape index (κ2) is 10.5. The zero-order chi connectivity index (χ0) is 25.9. The molecule has 3 aromatic carbocycles. The number of nitrogens with zero attached hydrogens (tertiary/aromatic N) is 2. The Bertz CT molecular complexity index is 1400. The molecule has 9 heteroatoms. The summed E-state index contributed by atoms with van der Waals surface area (Å²) in [6.45, 7) is 0. The molecule has 0 bridgehead atoms. The number of aromatic nitrogens is 1. The van der Waals surface area contributed by atoms with Crippen LogP contribution >= 0.6 is 11.3 Å². The van der Waals surface area contributed by atoms with Crippen LogP contribution in [0.3, 0.4) is 0 Å². The molecule has 2 amide bonds. The van der Waals surface area contributed by atoms with Crippen molar-refractivity contribution in [2.24, 2.45) is 5.92 Å². The Morgan fingerprint density at radius 3 is 2.43 bits per heavy atom. The van der Waals surface area contributed by atoms with Gasteiger partial charge in [0.25, 0.3) is 0 Å². The number of fused-ring (bicyclic) bond motifs is 1. The number of rotatable bonds is 7. The fraction of sp³-hybridized carbons (Fsp3) is 0.250. The van der Waals surface area contributed by atoms with Crippen LogP contribution in [0.4, 0.5) is 10.8 Å². The number of piperidine rings is 1. The maximum absolute atomic E-state index is 13.7. The summed E-state index contributed by atoms with van der Waals surface area (Å²) in [5.74, 6) is 1.00. The molecular formula is C28H27N3O5S. The number of benzene rings is 3. The van der Waals surface area contributed by atoms with Gasteiger partial charge in [0.15, 0.2) is 16.6 Å². The Morgan fingerprint density at radius 2 is 1.73 bits per heavy atom. The van der Waals surface area contributed by atoms with Gasteiger partial charge in [-0.2, -0.15) is 0 Å². The van der Waals surface area contributed by atoms with Gasteiger partial charge in [-0.05, 0) is 60.5 Å². The average Bonchev–Trinajstić information content (AvgIpc) is 3.34. The van der Waals surface area contributed by atoms with E-state index in [2.05, 4.69) is 10.3 Å². The molecule has 1 aliphatic rings. The molecule has 190 valence electrons. The Balaban J connectivity index is 1.55. The largest absolute Gasteiger partial charge is 0.497 e. The van der Waals surface area contributed by atoms with E-state index in [1.54, 1.807) is 44.4 Å². The van der Waals surface area contributed by atoms with Crippen molar-refractivity contribution >= 4 is 44.2 Å². The van der Waals surface area contributed by atoms with Crippen LogP contribution in [0.2, 0.25) is 0 Å². The quantitative estimate of drug-likeness (QED) is 0.351. The molecule has 1 aliphatic heterocycles. The third-order valence-corrected chi connectivity index (χ3v) is 7.51. The number of carbonyl (C=O) groups excluding carboxylic acids is 2. The third kappa shape index (κ3) is 4.82. The normalized spacial score (nSPS) is 17.5. The standard InChI is InChI=1S/C28H27N3O5S/c1-34-19-11-9-18(10-12-19)31-25(32)15-13-20(26(31)17-8-14-22(35-2)23(16-17)36-3)27(33)30-28-29-21-6-4-5-7-24(21)37-28/h4-12,14,16,20,26H,13,15H2,1-3H3,(H,29,30,33)/t20-,26-/m1/s1. The first-order valence-electron chi connectivity index (χ1n) is 11.9. The van der Waals surface area contributed by atoms with E-state index >= 15 is 0 Å². The Labute approximate surface area is 218 Å². The maximum Gasteiger partial charge on any atom is 0.231 e. The van der Waals surface area contributed by atoms with Crippen LogP contribution in [-0.2, 0) is 9.59 Å². The van der Waals surface area contributed by atoms with Crippen molar-refractivity contribution < 1.29 is 23.8 Å². The van der Waals surface area contributed by atoms with Gasteiger partial charge in [0.1, 0.15) is 5.75 Å². The summed E-state index contributed by atoms with van der Waals surface area (Å²) in [4.78, 5) is 33.3. The Kier molecular flexibility index (Phi) is 6.96. The molecule has 8 nitrogen and oxygen atoms in total. The lowest BCUT2D eigenvalue weighted by Gasteiger charge is -2.41. The summed E-state index contributed by atoms with van der Waals surface area (Å²) >= 11 is 1.43. The molecule has 5 rings (SSSR count). The second-order valence-electron chi connectivity index (χ2n) is 8.64. The van der Waals surface area contributed by atoms with E-state index in [0.717, 1.165) is 15.8 Å². The molecule has 4 aromatic rings. The number of hydrogen-bond donors (Lipinski definition) is 1. The molecule has 0 spiro atoms. The number of nitrogens with one attached hydrogen (secondary N) is 1. The van der Waals surface area contributed by atoms with Gasteiger partial charge in [-0.1, -0.05) is 29.5 Å². The number of ether oxygens (including phenoxy) is 3. The van der Waals surface area contributed by atoms with Crippen molar-refractivity contribution in [1.82, 2.24) is 4.98 Å². The molecule has 1 saturated heterocycles. The average molecular weight is 518 g/mol. The molecule has 1 aromatic heterocycles. The van der Waals surface area contributed by atoms with Gasteiger partial charge in [0.05, 0.1) is 43.5 Å². The predicted molar refractivity (Wildman–Crippen MR) is 144 cm³/mol. The lowest BCUT2D eigenvalue weighted by Crippen LogP contribution is -2.47. The van der Waals surface area contributed by atoms with Crippen molar-refractivity contribution in [3.63, 3.8) is 0 Å². The van der Waals surface area contributed by atoms with E-state index in [0.29, 0.717) is 34.5 Å². The van der Waals surface area contributed by atoms with Crippen molar-refractivity contribution in [2.45, 2.75) is 18.9 Å². The van der Waals surface area contributed by atoms with E-state index in [9.17, 15) is 9.59 Å². The topological polar surface area (TPSA) is 90.0 Å². The van der Waals surface area contributed by atoms with E-state index in [4.69, 9.17) is 14.2 Å². The molecule has 0 aliphatic carbocycles. The molecule has 2 heterocycles. The zero-order valence-electron chi connectivity index (χ0n) is 20.8. The summed E-state index contributed by atoms with van der Waals surface area (Å²) in [6.07, 6.45) is 0.648. The molecule has 37 heavy (non-hydrogen) atoms. The van der Waals surface area contributed by atoms with E-state index in [-0.39, 0.29) is 18.2 Å². The number of methoxy groups -OCH3 is 3. The van der Waals surface area contributed by atoms with Gasteiger partial charge in [-0.15, -0.1) is 0 Å². The highest BCUT2D eigenvalue weighted by molar-refractivity contribution is 7.22. The van der Waals surface area contributed by atoms with Crippen LogP contribution in [0.1, 0.15) is 24.4 Å². The molecule has 0 saturated carbocycles. The minimum Gasteiger partial charge on any atom is -0.497 e. The summed E-state index contributed by atoms with van der Waals surface area (Å²) in [5, 5.41) is 3.54. The van der Waals surface area contributed by atoms with Crippen LogP contribution in [0.15, 0.2) is 66.7 Å². The van der Waals surface area contributed by atoms with Crippen LogP contribution in [0.5, 0.6) is 17.2 Å². The number of thiazole rings is 1. The first-order chi connectivity index (χ1) is 18.0. The fourth-order valence-corrected chi connectivity index (χ4v) is 5.62. The van der Waals surface area contributed by atoms with Crippen LogP contribution in [0.25, 0.3) is 10.2 Å². The molecule has 0 unspecified atom stereocenters. The molecule has 0 radical (unpaired) electrons. The highest BCUT2D eigenvalue weighted by Gasteiger charge is 2.42. The van der Waals surface area contributed by atoms with Crippen LogP contribution in [0, 0.1) is 5.92 Å². The van der Waals surface area contributed by atoms with E-state index in [1.807, 2.05) is 48.5 Å². The van der Waals surface area contributed by atoms with Gasteiger partial charge in [-0.3, -0.25) is 9.59 Å². The van der Waals surface area contributed by atoms with Crippen molar-refractivity contribution in [1.29, 1.82) is 0 Å². The first-order valence-corrected chi connectivity index (χ1v) is 12.7. The highest BCUT2D eigenvalue weighted by Crippen LogP contribution is 2.43. The van der Waals surface area contributed by atoms with Crippen LogP contribution < -0.4 is 24.4 Å². The number of anilines is 2. The minimum atomic E-state index is -0.566. The monoisotopic (exact) mass is 517 g/mol. The smallest absolute Gasteiger partial charge is 0.231 e. The predicted octanol–water partition coefficient (Wildman–Crippen LogP) is 5.45. The maximum atomic E-state index is 13.7. The summed E-state index contributed by atoms with van der Waals surface area (Å²) < 4.78 is 17.2. The fourth-order valence-electron chi connectivity index (χ4n) is 4.76. The number of hydrogen-bond acceptors (Lipinski definition) is 7. The van der Waals surface area contributed by atoms with Gasteiger partial charge < -0.3 is 24.4 Å². The van der Waals surface area contributed by atoms with E-state index < -0.39 is 12.0 Å². The molecule has 1 fully saturated rings. The first kappa shape index (κ1) is 24.6. The number of amides is 2. The van der Waals surface area contributed by atoms with Gasteiger partial charge in [0.2, 0.25) is 11.8 Å². The molecular weight excluding hydrogens is 490 g/mol. The molecule has 1 N–H and O–H groups in total. The Hall–Kier alpha value is -4.11. The number of para-hydroxylation sites is 1. The Morgan fingerprint density at radius 1 is 0.973 bits per heavy atom. The summed E-state index contributed by atoms with van der Waals surface area (Å²) in [6, 6.07) is 20.0. The van der Waals surface area contributed by atoms with Gasteiger partial charge in [0, 0.05) is 12.1 Å². The van der Waals surface area contributed by atoms with Crippen molar-refractivity contribution in [3.05, 3.63) is 72.3 Å². The lowest BCUT2D eigenvalue weighted by atomic mass is 9.83. The lowest BCUT2D eigenvalue weighted by molar-refractivity contribution is -0.125. The van der Waals surface area contributed by atoms with E-state index in [1.165, 1.54) is 11.3 Å². The SMILES string of the molecule is COc1ccc(N2C(=O)CC[C@@H](C(=O)Nc3nc4ccccc4s3)[C@H]2c2ccc(OC)c(OC)c2)cc1. The zero-order valence-corrected chi connectivity index (χ0v) is 21.6. The summed E-state index contributed by atoms with van der Waals surface area (Å²) in [7, 11) is 4.72. The highest BCUT2D eigenvalue weighted by atomic mass is 32.1. The summed E-state index contributed by atoms with van der Waals surface area (Å²) in [5.41, 5.74) is 2.28. The number of carbonyl (C=O) groups is 2. The van der Waals surface area contributed by atoms with Gasteiger partial charge >= 0.3 is 0 Å². The van der Waals surface area contributed by atoms with Crippen LogP contribution in [-0.4, -0.2) is 38.1 Å². The minimum absolute atomic E-state index is 0.0611. The molecule has 2 atom stereocenters. The second-order valence-corrected chi connectivity index (χ2v) is 9.67. The van der Waals surface area contributed by atoms with Gasteiger partial charge in [-0.25, -0.2) is 4.98 Å². The van der Waals surface area contributed by atoms with Crippen molar-refractivity contribution in [2.75, 3.05) is 31.5 Å². The third-order valence-electron chi connectivity index (χ3n) is 6.56.